The number of aryl methyl sites for hydroxylation is 1. The summed E-state index contributed by atoms with van der Waals surface area (Å²) < 4.78 is 0. The summed E-state index contributed by atoms with van der Waals surface area (Å²) in [4.78, 5) is 25.0. The van der Waals surface area contributed by atoms with Crippen LogP contribution in [0.15, 0.2) is 18.2 Å². The van der Waals surface area contributed by atoms with Gasteiger partial charge in [-0.05, 0) is 37.1 Å². The van der Waals surface area contributed by atoms with Gasteiger partial charge >= 0.3 is 0 Å². The first-order chi connectivity index (χ1) is 9.11. The summed E-state index contributed by atoms with van der Waals surface area (Å²) in [7, 11) is 0. The molecular formula is C14H17ClN2O2. The Balaban J connectivity index is 2.13. The number of carbonyl (C=O) groups excluding carboxylic acids is 2. The van der Waals surface area contributed by atoms with Gasteiger partial charge in [0.05, 0.1) is 0 Å². The third-order valence-corrected chi connectivity index (χ3v) is 3.36. The molecule has 1 N–H and O–H groups in total. The van der Waals surface area contributed by atoms with Crippen LogP contribution in [0.3, 0.4) is 0 Å². The third-order valence-electron chi connectivity index (χ3n) is 3.17. The van der Waals surface area contributed by atoms with E-state index in [4.69, 9.17) is 11.6 Å². The minimum absolute atomic E-state index is 0.0978. The van der Waals surface area contributed by atoms with Crippen molar-refractivity contribution >= 4 is 34.8 Å². The predicted octanol–water partition coefficient (Wildman–Crippen LogP) is 2.69. The van der Waals surface area contributed by atoms with Gasteiger partial charge in [-0.3, -0.25) is 9.59 Å². The molecule has 0 bridgehead atoms. The molecule has 0 spiro atoms. The number of nitrogens with one attached hydrogen (secondary N) is 1. The lowest BCUT2D eigenvalue weighted by Crippen LogP contribution is -2.24. The Labute approximate surface area is 117 Å². The molecule has 4 nitrogen and oxygen atoms in total. The molecule has 1 saturated heterocycles. The summed E-state index contributed by atoms with van der Waals surface area (Å²) in [5.74, 6) is 0.381. The highest BCUT2D eigenvalue weighted by Gasteiger charge is 2.22. The van der Waals surface area contributed by atoms with Crippen molar-refractivity contribution < 1.29 is 9.59 Å². The quantitative estimate of drug-likeness (QED) is 0.862. The van der Waals surface area contributed by atoms with E-state index in [0.717, 1.165) is 29.9 Å². The number of benzene rings is 1. The van der Waals surface area contributed by atoms with E-state index in [-0.39, 0.29) is 11.8 Å². The average molecular weight is 281 g/mol. The van der Waals surface area contributed by atoms with Crippen molar-refractivity contribution in [2.75, 3.05) is 22.6 Å². The van der Waals surface area contributed by atoms with Gasteiger partial charge in [0, 0.05) is 36.6 Å². The van der Waals surface area contributed by atoms with Crippen LogP contribution in [-0.2, 0) is 9.59 Å². The molecule has 1 fully saturated rings. The standard InChI is InChI=1S/C14H17ClN2O2/c1-10-9-11(16-13(18)6-7-15)4-5-12(10)17-8-2-3-14(17)19/h4-5,9H,2-3,6-8H2,1H3,(H,16,18). The molecule has 1 aromatic rings. The minimum Gasteiger partial charge on any atom is -0.326 e. The number of rotatable bonds is 4. The van der Waals surface area contributed by atoms with E-state index in [1.54, 1.807) is 4.90 Å². The Morgan fingerprint density at radius 1 is 1.47 bits per heavy atom. The summed E-state index contributed by atoms with van der Waals surface area (Å²) in [6.07, 6.45) is 1.83. The fourth-order valence-corrected chi connectivity index (χ4v) is 2.42. The van der Waals surface area contributed by atoms with Gasteiger partial charge in [0.15, 0.2) is 0 Å². The molecule has 0 radical (unpaired) electrons. The monoisotopic (exact) mass is 280 g/mol. The number of anilines is 2. The molecule has 1 heterocycles. The van der Waals surface area contributed by atoms with E-state index in [1.165, 1.54) is 0 Å². The van der Waals surface area contributed by atoms with Crippen molar-refractivity contribution in [1.29, 1.82) is 0 Å². The molecule has 1 aliphatic heterocycles. The minimum atomic E-state index is -0.0978. The molecule has 0 aliphatic carbocycles. The lowest BCUT2D eigenvalue weighted by Gasteiger charge is -2.19. The van der Waals surface area contributed by atoms with Gasteiger partial charge in [0.25, 0.3) is 0 Å². The summed E-state index contributed by atoms with van der Waals surface area (Å²) in [5, 5.41) is 2.79. The Morgan fingerprint density at radius 2 is 2.26 bits per heavy atom. The van der Waals surface area contributed by atoms with Crippen LogP contribution in [0.25, 0.3) is 0 Å². The SMILES string of the molecule is Cc1cc(NC(=O)CCCl)ccc1N1CCCC1=O. The fraction of sp³-hybridized carbons (Fsp3) is 0.429. The van der Waals surface area contributed by atoms with Gasteiger partial charge in [-0.15, -0.1) is 11.6 Å². The summed E-state index contributed by atoms with van der Waals surface area (Å²) in [5.41, 5.74) is 2.65. The van der Waals surface area contributed by atoms with E-state index < -0.39 is 0 Å². The van der Waals surface area contributed by atoms with Crippen molar-refractivity contribution in [3.05, 3.63) is 23.8 Å². The topological polar surface area (TPSA) is 49.4 Å². The summed E-state index contributed by atoms with van der Waals surface area (Å²) in [6.45, 7) is 2.72. The van der Waals surface area contributed by atoms with Crippen LogP contribution in [0, 0.1) is 6.92 Å². The number of hydrogen-bond acceptors (Lipinski definition) is 2. The maximum atomic E-state index is 11.7. The van der Waals surface area contributed by atoms with Crippen molar-refractivity contribution in [3.63, 3.8) is 0 Å². The van der Waals surface area contributed by atoms with E-state index >= 15 is 0 Å². The van der Waals surface area contributed by atoms with Crippen molar-refractivity contribution in [2.45, 2.75) is 26.2 Å². The predicted molar refractivity (Wildman–Crippen MR) is 76.7 cm³/mol. The zero-order valence-electron chi connectivity index (χ0n) is 10.9. The molecule has 2 rings (SSSR count). The van der Waals surface area contributed by atoms with Crippen LogP contribution in [-0.4, -0.2) is 24.2 Å². The zero-order chi connectivity index (χ0) is 13.8. The average Bonchev–Trinajstić information content (AvgIpc) is 2.76. The highest BCUT2D eigenvalue weighted by Crippen LogP contribution is 2.27. The molecule has 0 aromatic heterocycles. The number of amides is 2. The second kappa shape index (κ2) is 6.06. The second-order valence-electron chi connectivity index (χ2n) is 4.64. The first kappa shape index (κ1) is 13.9. The molecule has 5 heteroatoms. The van der Waals surface area contributed by atoms with Gasteiger partial charge in [0.1, 0.15) is 0 Å². The second-order valence-corrected chi connectivity index (χ2v) is 5.02. The Hall–Kier alpha value is -1.55. The van der Waals surface area contributed by atoms with Crippen molar-refractivity contribution in [3.8, 4) is 0 Å². The highest BCUT2D eigenvalue weighted by molar-refractivity contribution is 6.19. The van der Waals surface area contributed by atoms with E-state index in [0.29, 0.717) is 18.7 Å². The van der Waals surface area contributed by atoms with E-state index in [1.807, 2.05) is 25.1 Å². The smallest absolute Gasteiger partial charge is 0.227 e. The molecule has 2 amide bonds. The molecule has 102 valence electrons. The molecular weight excluding hydrogens is 264 g/mol. The molecule has 19 heavy (non-hydrogen) atoms. The van der Waals surface area contributed by atoms with Gasteiger partial charge in [-0.25, -0.2) is 0 Å². The normalized spacial score (nSPS) is 14.8. The fourth-order valence-electron chi connectivity index (χ4n) is 2.25. The van der Waals surface area contributed by atoms with Crippen LogP contribution < -0.4 is 10.2 Å². The first-order valence-corrected chi connectivity index (χ1v) is 6.92. The van der Waals surface area contributed by atoms with E-state index in [2.05, 4.69) is 5.32 Å². The molecule has 1 aromatic carbocycles. The number of alkyl halides is 1. The maximum Gasteiger partial charge on any atom is 0.227 e. The molecule has 0 atom stereocenters. The summed E-state index contributed by atoms with van der Waals surface area (Å²) in [6, 6.07) is 5.59. The molecule has 0 unspecified atom stereocenters. The lowest BCUT2D eigenvalue weighted by molar-refractivity contribution is -0.117. The summed E-state index contributed by atoms with van der Waals surface area (Å²) >= 11 is 5.52. The molecule has 0 saturated carbocycles. The van der Waals surface area contributed by atoms with Crippen LogP contribution in [0.5, 0.6) is 0 Å². The lowest BCUT2D eigenvalue weighted by atomic mass is 10.1. The number of hydrogen-bond donors (Lipinski definition) is 1. The van der Waals surface area contributed by atoms with Gasteiger partial charge in [-0.1, -0.05) is 0 Å². The maximum absolute atomic E-state index is 11.7. The Kier molecular flexibility index (Phi) is 4.43. The Morgan fingerprint density at radius 3 is 2.84 bits per heavy atom. The van der Waals surface area contributed by atoms with Crippen LogP contribution in [0.1, 0.15) is 24.8 Å². The van der Waals surface area contributed by atoms with Crippen molar-refractivity contribution in [2.24, 2.45) is 0 Å². The number of nitrogens with zero attached hydrogens (tertiary/aromatic N) is 1. The van der Waals surface area contributed by atoms with E-state index in [9.17, 15) is 9.59 Å². The highest BCUT2D eigenvalue weighted by atomic mass is 35.5. The van der Waals surface area contributed by atoms with Crippen LogP contribution >= 0.6 is 11.6 Å². The zero-order valence-corrected chi connectivity index (χ0v) is 11.7. The largest absolute Gasteiger partial charge is 0.326 e. The first-order valence-electron chi connectivity index (χ1n) is 6.38. The van der Waals surface area contributed by atoms with Gasteiger partial charge < -0.3 is 10.2 Å². The van der Waals surface area contributed by atoms with Crippen molar-refractivity contribution in [1.82, 2.24) is 0 Å². The number of carbonyl (C=O) groups is 2. The van der Waals surface area contributed by atoms with Crippen LogP contribution in [0.2, 0.25) is 0 Å². The Bertz CT molecular complexity index is 502. The molecule has 1 aliphatic rings. The van der Waals surface area contributed by atoms with Gasteiger partial charge in [0.2, 0.25) is 11.8 Å². The van der Waals surface area contributed by atoms with Crippen LogP contribution in [0.4, 0.5) is 11.4 Å². The number of halogens is 1. The third kappa shape index (κ3) is 3.26. The van der Waals surface area contributed by atoms with Gasteiger partial charge in [-0.2, -0.15) is 0 Å².